The molecule has 2 aliphatic rings. The fourth-order valence-electron chi connectivity index (χ4n) is 5.16. The van der Waals surface area contributed by atoms with Gasteiger partial charge in [-0.05, 0) is 50.8 Å². The van der Waals surface area contributed by atoms with Crippen LogP contribution in [0.1, 0.15) is 34.7 Å². The second kappa shape index (κ2) is 8.96. The number of hydrogen-bond donors (Lipinski definition) is 1. The van der Waals surface area contributed by atoms with Crippen LogP contribution >= 0.6 is 0 Å². The first-order valence-electron chi connectivity index (χ1n) is 11.7. The fourth-order valence-corrected chi connectivity index (χ4v) is 5.16. The van der Waals surface area contributed by atoms with Crippen molar-refractivity contribution in [1.82, 2.24) is 19.7 Å². The van der Waals surface area contributed by atoms with Crippen molar-refractivity contribution in [3.05, 3.63) is 47.4 Å². The molecule has 0 spiro atoms. The third-order valence-electron chi connectivity index (χ3n) is 6.70. The highest BCUT2D eigenvalue weighted by molar-refractivity contribution is 6.05. The molecule has 3 amide bonds. The second-order valence-electron chi connectivity index (χ2n) is 9.40. The van der Waals surface area contributed by atoms with E-state index >= 15 is 4.48 Å². The molecule has 0 unspecified atom stereocenters. The number of fused-ring (bicyclic) bond motifs is 2. The normalized spacial score (nSPS) is 20.4. The van der Waals surface area contributed by atoms with Crippen LogP contribution in [-0.4, -0.2) is 55.8 Å². The number of piperidine rings is 1. The van der Waals surface area contributed by atoms with Crippen LogP contribution in [-0.2, 0) is 16.1 Å². The van der Waals surface area contributed by atoms with Gasteiger partial charge in [0.25, 0.3) is 11.8 Å². The van der Waals surface area contributed by atoms with Gasteiger partial charge in [0.1, 0.15) is 18.3 Å². The molecule has 38 heavy (non-hydrogen) atoms. The standard InChI is InChI=1S/C24H22F4N6O4/c1-11-6-16-20(22(29)36)31-32(21(16)12(2)30-11)10-19(35)33-17-7-13(17)8-18(33)23(37)34(28)14-4-3-5-15(9-14)38-24(25,26)27/h3-6,9,13,17-18H,7-8,10H2,1-2H3,(H2,29,36)/t13-,17-,18+/m1/s1. The molecule has 1 aliphatic carbocycles. The zero-order valence-corrected chi connectivity index (χ0v) is 20.2. The van der Waals surface area contributed by atoms with E-state index in [-0.39, 0.29) is 35.7 Å². The molecule has 5 rings (SSSR count). The smallest absolute Gasteiger partial charge is 0.406 e. The van der Waals surface area contributed by atoms with Gasteiger partial charge in [-0.25, -0.2) is 0 Å². The second-order valence-corrected chi connectivity index (χ2v) is 9.40. The van der Waals surface area contributed by atoms with E-state index in [1.807, 2.05) is 0 Å². The maximum absolute atomic E-state index is 15.1. The third-order valence-corrected chi connectivity index (χ3v) is 6.70. The highest BCUT2D eigenvalue weighted by Crippen LogP contribution is 2.48. The minimum Gasteiger partial charge on any atom is -0.406 e. The molecule has 0 radical (unpaired) electrons. The highest BCUT2D eigenvalue weighted by Gasteiger charge is 2.57. The van der Waals surface area contributed by atoms with Crippen molar-refractivity contribution in [2.45, 2.75) is 51.7 Å². The van der Waals surface area contributed by atoms with Gasteiger partial charge in [0.05, 0.1) is 16.9 Å². The quantitative estimate of drug-likeness (QED) is 0.383. The predicted octanol–water partition coefficient (Wildman–Crippen LogP) is 2.95. The molecule has 3 atom stereocenters. The van der Waals surface area contributed by atoms with Crippen LogP contribution in [0.4, 0.5) is 23.3 Å². The number of amides is 3. The number of nitrogens with two attached hydrogens (primary N) is 1. The van der Waals surface area contributed by atoms with E-state index in [4.69, 9.17) is 5.73 Å². The monoisotopic (exact) mass is 534 g/mol. The van der Waals surface area contributed by atoms with Crippen molar-refractivity contribution in [3.63, 3.8) is 0 Å². The fraction of sp³-hybridized carbons (Fsp3) is 0.375. The van der Waals surface area contributed by atoms with E-state index in [9.17, 15) is 27.6 Å². The topological polar surface area (TPSA) is 124 Å². The molecule has 200 valence electrons. The van der Waals surface area contributed by atoms with Crippen LogP contribution in [0.3, 0.4) is 0 Å². The summed E-state index contributed by atoms with van der Waals surface area (Å²) in [5.74, 6) is -3.10. The van der Waals surface area contributed by atoms with Crippen molar-refractivity contribution in [2.75, 3.05) is 5.12 Å². The van der Waals surface area contributed by atoms with Crippen LogP contribution in [0.2, 0.25) is 0 Å². The number of aromatic nitrogens is 3. The molecular formula is C24H22F4N6O4. The van der Waals surface area contributed by atoms with Crippen LogP contribution < -0.4 is 15.6 Å². The number of ether oxygens (including phenoxy) is 1. The number of carbonyl (C=O) groups excluding carboxylic acids is 3. The number of carbonyl (C=O) groups is 3. The van der Waals surface area contributed by atoms with Gasteiger partial charge in [0.2, 0.25) is 5.91 Å². The first kappa shape index (κ1) is 25.4. The first-order valence-corrected chi connectivity index (χ1v) is 11.7. The summed E-state index contributed by atoms with van der Waals surface area (Å²) in [7, 11) is 0. The van der Waals surface area contributed by atoms with E-state index in [0.717, 1.165) is 24.3 Å². The average Bonchev–Trinajstić information content (AvgIpc) is 3.32. The molecule has 1 saturated carbocycles. The Morgan fingerprint density at radius 1 is 1.18 bits per heavy atom. The lowest BCUT2D eigenvalue weighted by Crippen LogP contribution is -2.48. The number of likely N-dealkylation sites (tertiary alicyclic amines) is 1. The number of alkyl halides is 3. The largest absolute Gasteiger partial charge is 0.573 e. The summed E-state index contributed by atoms with van der Waals surface area (Å²) < 4.78 is 57.9. The Hall–Kier alpha value is -4.23. The predicted molar refractivity (Wildman–Crippen MR) is 124 cm³/mol. The maximum atomic E-state index is 15.1. The highest BCUT2D eigenvalue weighted by atomic mass is 19.4. The van der Waals surface area contributed by atoms with Crippen LogP contribution in [0.25, 0.3) is 10.9 Å². The number of primary amides is 1. The minimum absolute atomic E-state index is 0.00259. The van der Waals surface area contributed by atoms with Crippen LogP contribution in [0.5, 0.6) is 5.75 Å². The number of aryl methyl sites for hydroxylation is 2. The Morgan fingerprint density at radius 3 is 2.61 bits per heavy atom. The van der Waals surface area contributed by atoms with Crippen molar-refractivity contribution < 1.29 is 36.8 Å². The summed E-state index contributed by atoms with van der Waals surface area (Å²) in [5.41, 5.74) is 6.55. The Morgan fingerprint density at radius 2 is 1.92 bits per heavy atom. The molecule has 14 heteroatoms. The number of halogens is 4. The van der Waals surface area contributed by atoms with E-state index in [0.29, 0.717) is 28.7 Å². The summed E-state index contributed by atoms with van der Waals surface area (Å²) in [6.07, 6.45) is -4.14. The maximum Gasteiger partial charge on any atom is 0.573 e. The molecule has 2 N–H and O–H groups in total. The summed E-state index contributed by atoms with van der Waals surface area (Å²) in [6, 6.07) is 4.14. The van der Waals surface area contributed by atoms with Crippen LogP contribution in [0, 0.1) is 19.8 Å². The average molecular weight is 534 g/mol. The van der Waals surface area contributed by atoms with Gasteiger partial charge in [0.15, 0.2) is 5.69 Å². The van der Waals surface area contributed by atoms with Gasteiger partial charge in [-0.2, -0.15) is 5.10 Å². The molecule has 10 nitrogen and oxygen atoms in total. The number of anilines is 1. The molecule has 1 saturated heterocycles. The SMILES string of the molecule is Cc1cc2c(C(N)=O)nn(CC(=O)N3[C@@H]4C[C@@H]4C[C@H]3C(=O)N(F)c3cccc(OC(F)(F)F)c3)c2c(C)n1. The van der Waals surface area contributed by atoms with Gasteiger partial charge < -0.3 is 15.4 Å². The molecule has 3 heterocycles. The third kappa shape index (κ3) is 4.61. The minimum atomic E-state index is -4.99. The Labute approximate surface area is 212 Å². The summed E-state index contributed by atoms with van der Waals surface area (Å²) in [4.78, 5) is 44.1. The molecule has 1 aromatic carbocycles. The van der Waals surface area contributed by atoms with Crippen molar-refractivity contribution in [1.29, 1.82) is 0 Å². The molecular weight excluding hydrogens is 512 g/mol. The molecule has 3 aromatic rings. The van der Waals surface area contributed by atoms with Gasteiger partial charge in [-0.15, -0.1) is 18.3 Å². The summed E-state index contributed by atoms with van der Waals surface area (Å²) in [5, 5.41) is 4.37. The van der Waals surface area contributed by atoms with Crippen molar-refractivity contribution >= 4 is 34.3 Å². The van der Waals surface area contributed by atoms with E-state index in [1.54, 1.807) is 19.9 Å². The van der Waals surface area contributed by atoms with E-state index < -0.39 is 41.6 Å². The number of benzene rings is 1. The lowest BCUT2D eigenvalue weighted by atomic mass is 10.1. The van der Waals surface area contributed by atoms with Crippen molar-refractivity contribution in [3.8, 4) is 5.75 Å². The molecule has 1 aliphatic heterocycles. The van der Waals surface area contributed by atoms with Gasteiger partial charge in [0, 0.05) is 23.2 Å². The number of hydrogen-bond acceptors (Lipinski definition) is 6. The Balaban J connectivity index is 1.40. The van der Waals surface area contributed by atoms with E-state index in [2.05, 4.69) is 14.8 Å². The lowest BCUT2D eigenvalue weighted by Gasteiger charge is -2.28. The lowest BCUT2D eigenvalue weighted by molar-refractivity contribution is -0.274. The van der Waals surface area contributed by atoms with Crippen LogP contribution in [0.15, 0.2) is 30.3 Å². The number of rotatable bonds is 6. The van der Waals surface area contributed by atoms with E-state index in [1.165, 1.54) is 9.58 Å². The number of nitrogens with zero attached hydrogens (tertiary/aromatic N) is 5. The van der Waals surface area contributed by atoms with Gasteiger partial charge in [-0.3, -0.25) is 24.0 Å². The zero-order valence-electron chi connectivity index (χ0n) is 20.2. The molecule has 2 aromatic heterocycles. The Kier molecular flexibility index (Phi) is 5.99. The van der Waals surface area contributed by atoms with Gasteiger partial charge in [-0.1, -0.05) is 10.5 Å². The number of pyridine rings is 1. The molecule has 0 bridgehead atoms. The van der Waals surface area contributed by atoms with Gasteiger partial charge >= 0.3 is 6.36 Å². The summed E-state index contributed by atoms with van der Waals surface area (Å²) in [6.45, 7) is 3.07. The Bertz CT molecular complexity index is 1470. The first-order chi connectivity index (χ1) is 17.8. The zero-order chi connectivity index (χ0) is 27.5. The van der Waals surface area contributed by atoms with Crippen molar-refractivity contribution in [2.24, 2.45) is 11.7 Å². The molecule has 2 fully saturated rings. The summed E-state index contributed by atoms with van der Waals surface area (Å²) >= 11 is 0.